The Kier molecular flexibility index (Phi) is 9.46. The fourth-order valence-electron chi connectivity index (χ4n) is 3.98. The molecule has 1 saturated heterocycles. The van der Waals surface area contributed by atoms with Crippen molar-refractivity contribution in [2.45, 2.75) is 63.1 Å². The summed E-state index contributed by atoms with van der Waals surface area (Å²) in [6.45, 7) is 8.29. The van der Waals surface area contributed by atoms with Crippen LogP contribution >= 0.6 is 35.0 Å². The van der Waals surface area contributed by atoms with Gasteiger partial charge in [0.2, 0.25) is 0 Å². The lowest BCUT2D eigenvalue weighted by Gasteiger charge is -2.33. The number of halogens is 2. The number of hydrogen-bond donors (Lipinski definition) is 1. The van der Waals surface area contributed by atoms with Crippen molar-refractivity contribution in [3.05, 3.63) is 51.8 Å². The Morgan fingerprint density at radius 1 is 1.18 bits per heavy atom. The van der Waals surface area contributed by atoms with Gasteiger partial charge in [-0.2, -0.15) is 0 Å². The van der Waals surface area contributed by atoms with Gasteiger partial charge in [0.05, 0.1) is 11.7 Å². The highest BCUT2D eigenvalue weighted by Crippen LogP contribution is 2.34. The minimum absolute atomic E-state index is 0.125. The van der Waals surface area contributed by atoms with Crippen molar-refractivity contribution in [1.82, 2.24) is 19.8 Å². The number of aromatic nitrogens is 2. The van der Waals surface area contributed by atoms with Crippen LogP contribution in [0.2, 0.25) is 10.3 Å². The monoisotopic (exact) mass is 526 g/mol. The predicted molar refractivity (Wildman–Crippen MR) is 136 cm³/mol. The average molecular weight is 528 g/mol. The molecule has 1 aromatic heterocycles. The van der Waals surface area contributed by atoms with Crippen molar-refractivity contribution in [3.63, 3.8) is 0 Å². The van der Waals surface area contributed by atoms with Crippen LogP contribution in [-0.4, -0.2) is 68.5 Å². The number of nitrogens with zero attached hydrogens (tertiary/aromatic N) is 4. The Balaban J connectivity index is 1.80. The van der Waals surface area contributed by atoms with Crippen molar-refractivity contribution < 1.29 is 14.6 Å². The molecule has 3 rings (SSSR count). The molecular weight excluding hydrogens is 495 g/mol. The third kappa shape index (κ3) is 7.46. The van der Waals surface area contributed by atoms with E-state index in [0.717, 1.165) is 13.1 Å². The molecule has 0 aliphatic carbocycles. The Morgan fingerprint density at radius 2 is 1.82 bits per heavy atom. The summed E-state index contributed by atoms with van der Waals surface area (Å²) < 4.78 is 5.69. The number of thioether (sulfide) groups is 1. The van der Waals surface area contributed by atoms with E-state index >= 15 is 0 Å². The van der Waals surface area contributed by atoms with E-state index in [1.54, 1.807) is 4.90 Å². The molecule has 1 amide bonds. The lowest BCUT2D eigenvalue weighted by atomic mass is 10.0. The highest BCUT2D eigenvalue weighted by atomic mass is 35.5. The fourth-order valence-corrected chi connectivity index (χ4v) is 5.08. The highest BCUT2D eigenvalue weighted by Gasteiger charge is 2.34. The number of amides is 1. The number of aliphatic hydroxyl groups excluding tert-OH is 1. The number of benzene rings is 1. The SMILES string of the molecule is CSc1nc(Cl)c([C@@H](O)C[C@@H]2CCN(Cc3ccccc3)CCN2C(=O)OC(C)(C)C)c(Cl)n1. The van der Waals surface area contributed by atoms with Gasteiger partial charge in [0, 0.05) is 32.2 Å². The van der Waals surface area contributed by atoms with Gasteiger partial charge < -0.3 is 14.7 Å². The van der Waals surface area contributed by atoms with E-state index in [0.29, 0.717) is 24.7 Å². The van der Waals surface area contributed by atoms with Crippen LogP contribution in [0.5, 0.6) is 0 Å². The molecule has 186 valence electrons. The van der Waals surface area contributed by atoms with Crippen LogP contribution in [0, 0.1) is 0 Å². The van der Waals surface area contributed by atoms with E-state index in [-0.39, 0.29) is 28.3 Å². The molecule has 2 aromatic rings. The van der Waals surface area contributed by atoms with Crippen LogP contribution in [0.1, 0.15) is 50.8 Å². The van der Waals surface area contributed by atoms with Crippen LogP contribution < -0.4 is 0 Å². The highest BCUT2D eigenvalue weighted by molar-refractivity contribution is 7.98. The molecule has 2 atom stereocenters. The largest absolute Gasteiger partial charge is 0.444 e. The predicted octanol–water partition coefficient (Wildman–Crippen LogP) is 5.44. The number of carbonyl (C=O) groups is 1. The van der Waals surface area contributed by atoms with Crippen molar-refractivity contribution in [2.24, 2.45) is 0 Å². The molecule has 1 aliphatic rings. The summed E-state index contributed by atoms with van der Waals surface area (Å²) in [5.74, 6) is 0. The quantitative estimate of drug-likeness (QED) is 0.305. The van der Waals surface area contributed by atoms with Crippen LogP contribution in [0.15, 0.2) is 35.5 Å². The van der Waals surface area contributed by atoms with E-state index < -0.39 is 17.8 Å². The van der Waals surface area contributed by atoms with Crippen molar-refractivity contribution in [2.75, 3.05) is 25.9 Å². The minimum Gasteiger partial charge on any atom is -0.444 e. The topological polar surface area (TPSA) is 78.8 Å². The van der Waals surface area contributed by atoms with Crippen molar-refractivity contribution >= 4 is 41.1 Å². The zero-order valence-electron chi connectivity index (χ0n) is 20.0. The summed E-state index contributed by atoms with van der Waals surface area (Å²) in [7, 11) is 0. The second kappa shape index (κ2) is 11.9. The maximum atomic E-state index is 13.1. The molecule has 0 bridgehead atoms. The van der Waals surface area contributed by atoms with Gasteiger partial charge in [0.15, 0.2) is 5.16 Å². The van der Waals surface area contributed by atoms with Gasteiger partial charge >= 0.3 is 6.09 Å². The maximum absolute atomic E-state index is 13.1. The van der Waals surface area contributed by atoms with Gasteiger partial charge in [-0.3, -0.25) is 4.90 Å². The lowest BCUT2D eigenvalue weighted by Crippen LogP contribution is -2.44. The van der Waals surface area contributed by atoms with Gasteiger partial charge in [-0.05, 0) is 45.4 Å². The molecule has 0 radical (unpaired) electrons. The molecule has 7 nitrogen and oxygen atoms in total. The number of ether oxygens (including phenoxy) is 1. The van der Waals surface area contributed by atoms with E-state index in [2.05, 4.69) is 27.0 Å². The van der Waals surface area contributed by atoms with Gasteiger partial charge in [-0.15, -0.1) is 0 Å². The number of hydrogen-bond acceptors (Lipinski definition) is 7. The van der Waals surface area contributed by atoms with Crippen LogP contribution in [0.3, 0.4) is 0 Å². The molecule has 10 heteroatoms. The first-order valence-electron chi connectivity index (χ1n) is 11.3. The van der Waals surface area contributed by atoms with Gasteiger partial charge in [-0.25, -0.2) is 14.8 Å². The molecule has 1 aromatic carbocycles. The van der Waals surface area contributed by atoms with Crippen LogP contribution in [-0.2, 0) is 11.3 Å². The molecule has 1 aliphatic heterocycles. The summed E-state index contributed by atoms with van der Waals surface area (Å²) in [6, 6.07) is 9.98. The summed E-state index contributed by atoms with van der Waals surface area (Å²) >= 11 is 14.0. The first kappa shape index (κ1) is 27.0. The van der Waals surface area contributed by atoms with Crippen LogP contribution in [0.4, 0.5) is 4.79 Å². The summed E-state index contributed by atoms with van der Waals surface area (Å²) in [5, 5.41) is 11.8. The first-order chi connectivity index (χ1) is 16.1. The van der Waals surface area contributed by atoms with Gasteiger partial charge in [0.25, 0.3) is 0 Å². The average Bonchev–Trinajstić information content (AvgIpc) is 2.95. The van der Waals surface area contributed by atoms with E-state index in [4.69, 9.17) is 27.9 Å². The molecule has 1 fully saturated rings. The first-order valence-corrected chi connectivity index (χ1v) is 13.3. The van der Waals surface area contributed by atoms with Crippen molar-refractivity contribution in [3.8, 4) is 0 Å². The maximum Gasteiger partial charge on any atom is 0.410 e. The van der Waals surface area contributed by atoms with Gasteiger partial charge in [-0.1, -0.05) is 65.3 Å². The summed E-state index contributed by atoms with van der Waals surface area (Å²) in [6.07, 6.45) is 1.33. The van der Waals surface area contributed by atoms with E-state index in [1.807, 2.05) is 45.2 Å². The molecular formula is C24H32Cl2N4O3S. The summed E-state index contributed by atoms with van der Waals surface area (Å²) in [5.41, 5.74) is 0.884. The smallest absolute Gasteiger partial charge is 0.410 e. The van der Waals surface area contributed by atoms with Crippen LogP contribution in [0.25, 0.3) is 0 Å². The fraction of sp³-hybridized carbons (Fsp3) is 0.542. The molecule has 0 saturated carbocycles. The Labute approximate surface area is 215 Å². The molecule has 1 N–H and O–H groups in total. The van der Waals surface area contributed by atoms with E-state index in [9.17, 15) is 9.90 Å². The number of rotatable bonds is 6. The standard InChI is InChI=1S/C24H32Cl2N4O3S/c1-24(2,3)33-23(32)30-13-12-29(15-16-8-6-5-7-9-16)11-10-17(30)14-18(31)19-20(25)27-22(34-4)28-21(19)26/h5-9,17-18,31H,10-15H2,1-4H3/t17-,18-/m0/s1. The zero-order valence-corrected chi connectivity index (χ0v) is 22.3. The molecule has 0 unspecified atom stereocenters. The lowest BCUT2D eigenvalue weighted by molar-refractivity contribution is 0.0111. The Hall–Kier alpha value is -1.58. The van der Waals surface area contributed by atoms with E-state index in [1.165, 1.54) is 17.3 Å². The third-order valence-electron chi connectivity index (χ3n) is 5.60. The number of aliphatic hydroxyl groups is 1. The Morgan fingerprint density at radius 3 is 2.41 bits per heavy atom. The molecule has 34 heavy (non-hydrogen) atoms. The minimum atomic E-state index is -1.02. The summed E-state index contributed by atoms with van der Waals surface area (Å²) in [4.78, 5) is 25.5. The second-order valence-electron chi connectivity index (χ2n) is 9.34. The Bertz CT molecular complexity index is 951. The van der Waals surface area contributed by atoms with Crippen molar-refractivity contribution in [1.29, 1.82) is 0 Å². The second-order valence-corrected chi connectivity index (χ2v) is 10.8. The number of carbonyl (C=O) groups excluding carboxylic acids is 1. The van der Waals surface area contributed by atoms with Gasteiger partial charge in [0.1, 0.15) is 15.9 Å². The molecule has 0 spiro atoms. The normalized spacial score (nSPS) is 18.4. The third-order valence-corrected chi connectivity index (χ3v) is 6.72. The zero-order chi connectivity index (χ0) is 24.9. The molecule has 2 heterocycles.